The number of hydrogen-bond acceptors (Lipinski definition) is 5. The molecule has 23 heavy (non-hydrogen) atoms. The number of alkyl halides is 2. The van der Waals surface area contributed by atoms with Crippen molar-refractivity contribution in [3.63, 3.8) is 0 Å². The van der Waals surface area contributed by atoms with E-state index in [4.69, 9.17) is 5.11 Å². The van der Waals surface area contributed by atoms with Crippen LogP contribution in [0, 0.1) is 15.9 Å². The summed E-state index contributed by atoms with van der Waals surface area (Å²) < 4.78 is 41.7. The average Bonchev–Trinajstić information content (AvgIpc) is 2.50. The predicted molar refractivity (Wildman–Crippen MR) is 79.5 cm³/mol. The molecule has 10 heteroatoms. The Labute approximate surface area is 136 Å². The van der Waals surface area contributed by atoms with Crippen LogP contribution in [0.2, 0.25) is 0 Å². The van der Waals surface area contributed by atoms with Crippen molar-refractivity contribution in [1.82, 2.24) is 10.2 Å². The quantitative estimate of drug-likeness (QED) is 0.621. The Hall–Kier alpha value is -1.42. The minimum atomic E-state index is -3.50. The number of aliphatic hydroxyl groups is 1. The molecule has 2 N–H and O–H groups in total. The summed E-state index contributed by atoms with van der Waals surface area (Å²) in [4.78, 5) is 11.3. The van der Waals surface area contributed by atoms with E-state index in [2.05, 4.69) is 5.32 Å². The number of nitrogens with zero attached hydrogens (tertiary/aromatic N) is 2. The minimum Gasteiger partial charge on any atom is -0.390 e. The molecule has 2 rings (SSSR count). The van der Waals surface area contributed by atoms with E-state index >= 15 is 0 Å². The summed E-state index contributed by atoms with van der Waals surface area (Å²) in [6, 6.07) is 1.17. The SMILES string of the molecule is Cl.O=[N+]([O-])c1cc([C@@H](N2CCNCC2)C(F)(F)CO)ccc1F. The highest BCUT2D eigenvalue weighted by molar-refractivity contribution is 5.85. The van der Waals surface area contributed by atoms with Gasteiger partial charge in [-0.15, -0.1) is 12.4 Å². The van der Waals surface area contributed by atoms with Crippen LogP contribution in [0.4, 0.5) is 18.9 Å². The van der Waals surface area contributed by atoms with Gasteiger partial charge < -0.3 is 10.4 Å². The van der Waals surface area contributed by atoms with Crippen molar-refractivity contribution in [2.75, 3.05) is 32.8 Å². The maximum absolute atomic E-state index is 14.1. The van der Waals surface area contributed by atoms with Crippen molar-refractivity contribution < 1.29 is 23.2 Å². The van der Waals surface area contributed by atoms with Gasteiger partial charge in [-0.05, 0) is 11.6 Å². The monoisotopic (exact) mass is 355 g/mol. The first kappa shape index (κ1) is 19.6. The molecule has 1 aliphatic heterocycles. The molecule has 1 atom stereocenters. The fourth-order valence-electron chi connectivity index (χ4n) is 2.59. The van der Waals surface area contributed by atoms with Crippen LogP contribution in [-0.2, 0) is 0 Å². The topological polar surface area (TPSA) is 78.6 Å². The maximum Gasteiger partial charge on any atom is 0.305 e. The van der Waals surface area contributed by atoms with Gasteiger partial charge in [-0.2, -0.15) is 4.39 Å². The molecule has 1 saturated heterocycles. The number of aliphatic hydroxyl groups excluding tert-OH is 1. The van der Waals surface area contributed by atoms with Crippen LogP contribution >= 0.6 is 12.4 Å². The van der Waals surface area contributed by atoms with Crippen LogP contribution in [0.5, 0.6) is 0 Å². The van der Waals surface area contributed by atoms with Crippen molar-refractivity contribution in [2.24, 2.45) is 0 Å². The number of hydrogen-bond donors (Lipinski definition) is 2. The van der Waals surface area contributed by atoms with E-state index in [1.165, 1.54) is 4.90 Å². The summed E-state index contributed by atoms with van der Waals surface area (Å²) in [6.45, 7) is 0.173. The molecule has 0 spiro atoms. The second kappa shape index (κ2) is 7.91. The largest absolute Gasteiger partial charge is 0.390 e. The van der Waals surface area contributed by atoms with Crippen LogP contribution in [0.15, 0.2) is 18.2 Å². The summed E-state index contributed by atoms with van der Waals surface area (Å²) in [5.74, 6) is -4.58. The van der Waals surface area contributed by atoms with Crippen molar-refractivity contribution >= 4 is 18.1 Å². The third kappa shape index (κ3) is 4.31. The molecular formula is C13H17ClF3N3O3. The third-order valence-electron chi connectivity index (χ3n) is 3.61. The molecule has 1 heterocycles. The highest BCUT2D eigenvalue weighted by atomic mass is 35.5. The summed E-state index contributed by atoms with van der Waals surface area (Å²) in [6.07, 6.45) is 0. The number of halogens is 4. The standard InChI is InChI=1S/C13H16F3N3O3.ClH/c14-10-2-1-9(7-11(10)19(21)22)12(13(15,16)8-20)18-5-3-17-4-6-18;/h1-2,7,12,17,20H,3-6,8H2;1H/t12-;/m1./s1. The molecule has 0 unspecified atom stereocenters. The zero-order chi connectivity index (χ0) is 16.3. The van der Waals surface area contributed by atoms with E-state index in [0.717, 1.165) is 18.2 Å². The predicted octanol–water partition coefficient (Wildman–Crippen LogP) is 1.73. The van der Waals surface area contributed by atoms with Crippen molar-refractivity contribution in [2.45, 2.75) is 12.0 Å². The smallest absolute Gasteiger partial charge is 0.305 e. The lowest BCUT2D eigenvalue weighted by Gasteiger charge is -2.38. The Morgan fingerprint density at radius 3 is 2.52 bits per heavy atom. The van der Waals surface area contributed by atoms with E-state index < -0.39 is 35.0 Å². The second-order valence-electron chi connectivity index (χ2n) is 5.08. The number of nitrogens with one attached hydrogen (secondary N) is 1. The second-order valence-corrected chi connectivity index (χ2v) is 5.08. The number of piperazine rings is 1. The molecule has 0 saturated carbocycles. The Bertz CT molecular complexity index is 557. The van der Waals surface area contributed by atoms with Crippen LogP contribution in [0.3, 0.4) is 0 Å². The minimum absolute atomic E-state index is 0. The molecule has 1 aliphatic rings. The van der Waals surface area contributed by atoms with E-state index in [1.807, 2.05) is 0 Å². The molecule has 1 aromatic carbocycles. The zero-order valence-corrected chi connectivity index (χ0v) is 12.9. The van der Waals surface area contributed by atoms with Crippen LogP contribution in [0.1, 0.15) is 11.6 Å². The molecule has 0 aromatic heterocycles. The molecule has 130 valence electrons. The van der Waals surface area contributed by atoms with E-state index in [0.29, 0.717) is 26.2 Å². The highest BCUT2D eigenvalue weighted by Gasteiger charge is 2.44. The molecule has 1 aromatic rings. The van der Waals surface area contributed by atoms with Crippen molar-refractivity contribution in [3.8, 4) is 0 Å². The molecule has 0 amide bonds. The van der Waals surface area contributed by atoms with Crippen LogP contribution in [0.25, 0.3) is 0 Å². The Kier molecular flexibility index (Phi) is 6.75. The van der Waals surface area contributed by atoms with Crippen molar-refractivity contribution in [1.29, 1.82) is 0 Å². The maximum atomic E-state index is 14.1. The lowest BCUT2D eigenvalue weighted by molar-refractivity contribution is -0.387. The number of nitro groups is 1. The van der Waals surface area contributed by atoms with E-state index in [9.17, 15) is 23.3 Å². The van der Waals surface area contributed by atoms with Gasteiger partial charge >= 0.3 is 5.69 Å². The average molecular weight is 356 g/mol. The highest BCUT2D eigenvalue weighted by Crippen LogP contribution is 2.38. The molecule has 1 fully saturated rings. The molecule has 0 aliphatic carbocycles. The van der Waals surface area contributed by atoms with E-state index in [-0.39, 0.29) is 18.0 Å². The van der Waals surface area contributed by atoms with Gasteiger partial charge in [-0.25, -0.2) is 8.78 Å². The third-order valence-corrected chi connectivity index (χ3v) is 3.61. The Balaban J connectivity index is 0.00000264. The van der Waals surface area contributed by atoms with Gasteiger partial charge in [0.1, 0.15) is 12.6 Å². The van der Waals surface area contributed by atoms with Gasteiger partial charge in [0.05, 0.1) is 4.92 Å². The first-order valence-electron chi connectivity index (χ1n) is 6.74. The van der Waals surface area contributed by atoms with Gasteiger partial charge in [0.15, 0.2) is 0 Å². The Morgan fingerprint density at radius 2 is 2.00 bits per heavy atom. The summed E-state index contributed by atoms with van der Waals surface area (Å²) in [5.41, 5.74) is -0.944. The number of rotatable bonds is 5. The summed E-state index contributed by atoms with van der Waals surface area (Å²) in [7, 11) is 0. The number of nitro benzene ring substituents is 1. The van der Waals surface area contributed by atoms with Gasteiger partial charge in [0.25, 0.3) is 5.92 Å². The fourth-order valence-corrected chi connectivity index (χ4v) is 2.59. The van der Waals surface area contributed by atoms with Gasteiger partial charge in [0.2, 0.25) is 5.82 Å². The molecule has 6 nitrogen and oxygen atoms in total. The van der Waals surface area contributed by atoms with Gasteiger partial charge in [-0.1, -0.05) is 6.07 Å². The first-order chi connectivity index (χ1) is 10.4. The Morgan fingerprint density at radius 1 is 1.39 bits per heavy atom. The van der Waals surface area contributed by atoms with Gasteiger partial charge in [0, 0.05) is 32.2 Å². The van der Waals surface area contributed by atoms with Gasteiger partial charge in [-0.3, -0.25) is 15.0 Å². The number of benzene rings is 1. The molecule has 0 radical (unpaired) electrons. The molecule has 0 bridgehead atoms. The lowest BCUT2D eigenvalue weighted by atomic mass is 9.97. The zero-order valence-electron chi connectivity index (χ0n) is 12.0. The van der Waals surface area contributed by atoms with Crippen molar-refractivity contribution in [3.05, 3.63) is 39.7 Å². The molecular weight excluding hydrogens is 339 g/mol. The van der Waals surface area contributed by atoms with Crippen LogP contribution < -0.4 is 5.32 Å². The fraction of sp³-hybridized carbons (Fsp3) is 0.538. The summed E-state index contributed by atoms with van der Waals surface area (Å²) in [5, 5.41) is 22.8. The summed E-state index contributed by atoms with van der Waals surface area (Å²) >= 11 is 0. The normalized spacial score (nSPS) is 17.4. The van der Waals surface area contributed by atoms with Crippen LogP contribution in [-0.4, -0.2) is 53.6 Å². The first-order valence-corrected chi connectivity index (χ1v) is 6.74. The van der Waals surface area contributed by atoms with E-state index in [1.54, 1.807) is 0 Å². The lowest BCUT2D eigenvalue weighted by Crippen LogP contribution is -2.51.